The van der Waals surface area contributed by atoms with Gasteiger partial charge in [-0.1, -0.05) is 18.7 Å². The Morgan fingerprint density at radius 3 is 2.09 bits per heavy atom. The molecule has 0 amide bonds. The minimum atomic E-state index is -0.838. The van der Waals surface area contributed by atoms with Gasteiger partial charge in [-0.15, -0.1) is 0 Å². The normalized spacial score (nSPS) is 34.2. The number of allylic oxidation sites excluding steroid dienone is 2. The Hall–Kier alpha value is -2.45. The monoisotopic (exact) mass is 490 g/mol. The maximum absolute atomic E-state index is 12.7. The molecular formula is C27H38O8. The van der Waals surface area contributed by atoms with Crippen molar-refractivity contribution in [2.45, 2.75) is 110 Å². The number of rotatable bonds is 9. The zero-order valence-electron chi connectivity index (χ0n) is 22.0. The molecule has 2 saturated heterocycles. The molecule has 0 spiro atoms. The predicted octanol–water partition coefficient (Wildman–Crippen LogP) is 3.98. The van der Waals surface area contributed by atoms with E-state index in [9.17, 15) is 14.4 Å². The molecule has 0 bridgehead atoms. The average Bonchev–Trinajstić information content (AvgIpc) is 3.65. The highest BCUT2D eigenvalue weighted by atomic mass is 16.7. The van der Waals surface area contributed by atoms with Gasteiger partial charge in [0, 0.05) is 30.4 Å². The molecule has 2 aliphatic heterocycles. The van der Waals surface area contributed by atoms with Crippen molar-refractivity contribution in [3.8, 4) is 0 Å². The van der Waals surface area contributed by atoms with Crippen molar-refractivity contribution < 1.29 is 38.1 Å². The molecule has 0 aromatic carbocycles. The van der Waals surface area contributed by atoms with Crippen molar-refractivity contribution in [2.75, 3.05) is 0 Å². The number of hydrogen-bond acceptors (Lipinski definition) is 8. The van der Waals surface area contributed by atoms with E-state index in [1.165, 1.54) is 6.92 Å². The van der Waals surface area contributed by atoms with E-state index in [0.29, 0.717) is 29.6 Å². The molecule has 194 valence electrons. The minimum Gasteiger partial charge on any atom is -0.458 e. The summed E-state index contributed by atoms with van der Waals surface area (Å²) in [7, 11) is 0. The first-order valence-electron chi connectivity index (χ1n) is 12.1. The highest BCUT2D eigenvalue weighted by Crippen LogP contribution is 2.54. The minimum absolute atomic E-state index is 0.105. The van der Waals surface area contributed by atoms with Gasteiger partial charge in [0.25, 0.3) is 0 Å². The Labute approximate surface area is 207 Å². The van der Waals surface area contributed by atoms with E-state index in [1.54, 1.807) is 39.8 Å². The second kappa shape index (κ2) is 9.90. The Morgan fingerprint density at radius 1 is 1.00 bits per heavy atom. The number of carbonyl (C=O) groups is 3. The number of ether oxygens (including phenoxy) is 5. The lowest BCUT2D eigenvalue weighted by atomic mass is 9.73. The van der Waals surface area contributed by atoms with E-state index in [4.69, 9.17) is 23.7 Å². The number of esters is 3. The Kier molecular flexibility index (Phi) is 7.67. The van der Waals surface area contributed by atoms with E-state index in [1.807, 2.05) is 20.8 Å². The molecule has 0 radical (unpaired) electrons. The van der Waals surface area contributed by atoms with Crippen molar-refractivity contribution in [2.24, 2.45) is 5.92 Å². The molecule has 3 rings (SSSR count). The Balaban J connectivity index is 1.91. The fourth-order valence-electron chi connectivity index (χ4n) is 4.63. The summed E-state index contributed by atoms with van der Waals surface area (Å²) in [6.45, 7) is 18.3. The SMILES string of the molecule is C=C([C@H](C[C@@H]1OC1(C)C)OC(=O)/C(C)=C\C)[C@@H]1C[C@@H]2O[C@]2(C)[C@H](OC(=O)/C(C)=C\C)[C@@H]1OC(C)=O. The van der Waals surface area contributed by atoms with Crippen LogP contribution in [0.2, 0.25) is 0 Å². The summed E-state index contributed by atoms with van der Waals surface area (Å²) in [5.41, 5.74) is 0.417. The molecule has 35 heavy (non-hydrogen) atoms. The zero-order valence-corrected chi connectivity index (χ0v) is 22.0. The van der Waals surface area contributed by atoms with Gasteiger partial charge in [-0.25, -0.2) is 9.59 Å². The van der Waals surface area contributed by atoms with Crippen molar-refractivity contribution in [1.82, 2.24) is 0 Å². The van der Waals surface area contributed by atoms with Gasteiger partial charge in [0.15, 0.2) is 6.10 Å². The first-order valence-corrected chi connectivity index (χ1v) is 12.1. The van der Waals surface area contributed by atoms with Crippen LogP contribution in [0.4, 0.5) is 0 Å². The fraction of sp³-hybridized carbons (Fsp3) is 0.667. The maximum Gasteiger partial charge on any atom is 0.333 e. The lowest BCUT2D eigenvalue weighted by molar-refractivity contribution is -0.176. The topological polar surface area (TPSA) is 104 Å². The van der Waals surface area contributed by atoms with Crippen LogP contribution in [-0.2, 0) is 38.1 Å². The van der Waals surface area contributed by atoms with Gasteiger partial charge in [0.2, 0.25) is 0 Å². The summed E-state index contributed by atoms with van der Waals surface area (Å²) in [5, 5.41) is 0. The molecule has 0 N–H and O–H groups in total. The van der Waals surface area contributed by atoms with Crippen LogP contribution in [0.3, 0.4) is 0 Å². The standard InChI is InChI=1S/C27H38O8/c1-10-14(3)24(29)32-19(13-20-26(7,8)34-20)16(5)18-12-21-27(9,35-21)23(22(18)31-17(6)28)33-25(30)15(4)11-2/h10-11,18-23H,5,12-13H2,1-4,6-9H3/b14-10-,15-11-/t18-,19-,20-,21-,22+,23+,27-/m0/s1. The van der Waals surface area contributed by atoms with Crippen LogP contribution in [0, 0.1) is 5.92 Å². The smallest absolute Gasteiger partial charge is 0.333 e. The van der Waals surface area contributed by atoms with Gasteiger partial charge in [-0.2, -0.15) is 0 Å². The van der Waals surface area contributed by atoms with Crippen LogP contribution in [-0.4, -0.2) is 59.6 Å². The summed E-state index contributed by atoms with van der Waals surface area (Å²) < 4.78 is 29.2. The lowest BCUT2D eigenvalue weighted by Crippen LogP contribution is -2.54. The summed E-state index contributed by atoms with van der Waals surface area (Å²) in [6, 6.07) is 0. The zero-order chi connectivity index (χ0) is 26.3. The van der Waals surface area contributed by atoms with Gasteiger partial charge in [-0.3, -0.25) is 4.79 Å². The molecule has 7 atom stereocenters. The van der Waals surface area contributed by atoms with Crippen LogP contribution in [0.25, 0.3) is 0 Å². The molecule has 0 aromatic rings. The van der Waals surface area contributed by atoms with Crippen molar-refractivity contribution >= 4 is 17.9 Å². The predicted molar refractivity (Wildman–Crippen MR) is 128 cm³/mol. The number of epoxide rings is 2. The largest absolute Gasteiger partial charge is 0.458 e. The fourth-order valence-corrected chi connectivity index (χ4v) is 4.63. The van der Waals surface area contributed by atoms with Crippen molar-refractivity contribution in [3.05, 3.63) is 35.5 Å². The van der Waals surface area contributed by atoms with Crippen LogP contribution in [0.1, 0.15) is 68.2 Å². The number of hydrogen-bond donors (Lipinski definition) is 0. The van der Waals surface area contributed by atoms with Gasteiger partial charge in [0.05, 0.1) is 17.8 Å². The van der Waals surface area contributed by atoms with Crippen molar-refractivity contribution in [3.63, 3.8) is 0 Å². The van der Waals surface area contributed by atoms with Crippen LogP contribution < -0.4 is 0 Å². The Morgan fingerprint density at radius 2 is 1.57 bits per heavy atom. The maximum atomic E-state index is 12.7. The van der Waals surface area contributed by atoms with E-state index in [2.05, 4.69) is 6.58 Å². The highest BCUT2D eigenvalue weighted by molar-refractivity contribution is 5.88. The second-order valence-corrected chi connectivity index (χ2v) is 10.4. The van der Waals surface area contributed by atoms with E-state index in [-0.39, 0.29) is 17.8 Å². The third-order valence-electron chi connectivity index (χ3n) is 7.48. The van der Waals surface area contributed by atoms with Gasteiger partial charge >= 0.3 is 17.9 Å². The average molecular weight is 491 g/mol. The van der Waals surface area contributed by atoms with Gasteiger partial charge < -0.3 is 23.7 Å². The molecule has 3 fully saturated rings. The lowest BCUT2D eigenvalue weighted by Gasteiger charge is -2.40. The van der Waals surface area contributed by atoms with Crippen LogP contribution in [0.15, 0.2) is 35.5 Å². The first-order chi connectivity index (χ1) is 16.2. The van der Waals surface area contributed by atoms with Gasteiger partial charge in [0.1, 0.15) is 17.8 Å². The molecular weight excluding hydrogens is 452 g/mol. The molecule has 0 aromatic heterocycles. The number of fused-ring (bicyclic) bond motifs is 1. The van der Waals surface area contributed by atoms with E-state index in [0.717, 1.165) is 0 Å². The van der Waals surface area contributed by atoms with Gasteiger partial charge in [-0.05, 0) is 60.5 Å². The van der Waals surface area contributed by atoms with Crippen molar-refractivity contribution in [1.29, 1.82) is 0 Å². The highest BCUT2D eigenvalue weighted by Gasteiger charge is 2.68. The Bertz CT molecular complexity index is 960. The molecule has 8 nitrogen and oxygen atoms in total. The van der Waals surface area contributed by atoms with E-state index < -0.39 is 47.7 Å². The number of carbonyl (C=O) groups excluding carboxylic acids is 3. The molecule has 1 aliphatic carbocycles. The molecule has 3 aliphatic rings. The summed E-state index contributed by atoms with van der Waals surface area (Å²) in [6.07, 6.45) is 1.60. The summed E-state index contributed by atoms with van der Waals surface area (Å²) in [4.78, 5) is 37.5. The summed E-state index contributed by atoms with van der Waals surface area (Å²) >= 11 is 0. The quantitative estimate of drug-likeness (QED) is 0.157. The molecule has 1 saturated carbocycles. The van der Waals surface area contributed by atoms with Crippen LogP contribution in [0.5, 0.6) is 0 Å². The third kappa shape index (κ3) is 5.70. The second-order valence-electron chi connectivity index (χ2n) is 10.4. The summed E-state index contributed by atoms with van der Waals surface area (Å²) in [5.74, 6) is -1.91. The molecule has 2 heterocycles. The molecule has 0 unspecified atom stereocenters. The van der Waals surface area contributed by atoms with E-state index >= 15 is 0 Å². The van der Waals surface area contributed by atoms with Crippen LogP contribution >= 0.6 is 0 Å². The first kappa shape index (κ1) is 27.1. The molecule has 8 heteroatoms. The third-order valence-corrected chi connectivity index (χ3v) is 7.48.